The highest BCUT2D eigenvalue weighted by Crippen LogP contribution is 2.63. The Kier molecular flexibility index (Phi) is 8.43. The van der Waals surface area contributed by atoms with Gasteiger partial charge in [0.2, 0.25) is 11.8 Å². The number of fused-ring (bicyclic) bond motifs is 11. The summed E-state index contributed by atoms with van der Waals surface area (Å²) in [6.45, 7) is 0. The molecule has 0 atom stereocenters. The topological polar surface area (TPSA) is 55.3 Å². The zero-order valence-electron chi connectivity index (χ0n) is 36.7. The molecular weight excluding hydrogens is 831 g/mol. The summed E-state index contributed by atoms with van der Waals surface area (Å²) < 4.78 is 12.6. The van der Waals surface area contributed by atoms with Crippen LogP contribution in [0.25, 0.3) is 89.6 Å². The van der Waals surface area contributed by atoms with Crippen LogP contribution < -0.4 is 4.90 Å². The molecule has 0 fully saturated rings. The third-order valence-electron chi connectivity index (χ3n) is 13.9. The molecule has 68 heavy (non-hydrogen) atoms. The number of benzene rings is 10. The van der Waals surface area contributed by atoms with E-state index in [4.69, 9.17) is 18.8 Å². The Balaban J connectivity index is 0.977. The smallest absolute Gasteiger partial charge is 0.227 e. The first-order chi connectivity index (χ1) is 33.7. The number of nitrogens with zero attached hydrogens (tertiary/aromatic N) is 3. The van der Waals surface area contributed by atoms with Crippen molar-refractivity contribution in [1.29, 1.82) is 0 Å². The SMILES string of the molecule is c1ccc(-c2nc3cc(-c4cc(-c5ccc6c(c5)C5(c7ccccc7-6)c6ccccc6N(c6ccccc6)c6ccccc65)cc(-c5ccc6oc(-c7ccccc7)nc6c5)c4)ccc3o2)cc1. The van der Waals surface area contributed by atoms with Gasteiger partial charge in [-0.2, -0.15) is 0 Å². The minimum absolute atomic E-state index is 0.580. The number of para-hydroxylation sites is 3. The van der Waals surface area contributed by atoms with Crippen molar-refractivity contribution in [2.75, 3.05) is 4.90 Å². The lowest BCUT2D eigenvalue weighted by molar-refractivity contribution is 0.619. The largest absolute Gasteiger partial charge is 0.436 e. The Morgan fingerprint density at radius 3 is 1.28 bits per heavy atom. The van der Waals surface area contributed by atoms with E-state index in [2.05, 4.69) is 169 Å². The van der Waals surface area contributed by atoms with Gasteiger partial charge in [0.05, 0.1) is 16.8 Å². The summed E-state index contributed by atoms with van der Waals surface area (Å²) in [7, 11) is 0. The van der Waals surface area contributed by atoms with Crippen LogP contribution in [0.5, 0.6) is 0 Å². The van der Waals surface area contributed by atoms with E-state index in [-0.39, 0.29) is 0 Å². The van der Waals surface area contributed by atoms with Crippen LogP contribution in [-0.4, -0.2) is 9.97 Å². The third-order valence-corrected chi connectivity index (χ3v) is 13.9. The molecule has 12 aromatic rings. The van der Waals surface area contributed by atoms with Gasteiger partial charge >= 0.3 is 0 Å². The molecule has 3 heterocycles. The Morgan fingerprint density at radius 1 is 0.309 bits per heavy atom. The molecule has 2 aromatic heterocycles. The van der Waals surface area contributed by atoms with E-state index in [1.54, 1.807) is 0 Å². The van der Waals surface area contributed by atoms with Crippen molar-refractivity contribution < 1.29 is 8.83 Å². The van der Waals surface area contributed by atoms with E-state index < -0.39 is 5.41 Å². The molecular formula is C63H39N3O2. The molecule has 5 heteroatoms. The lowest BCUT2D eigenvalue weighted by atomic mass is 9.64. The van der Waals surface area contributed by atoms with E-state index >= 15 is 0 Å². The first-order valence-electron chi connectivity index (χ1n) is 23.0. The molecule has 0 saturated carbocycles. The average molecular weight is 870 g/mol. The van der Waals surface area contributed by atoms with E-state index in [9.17, 15) is 0 Å². The lowest BCUT2D eigenvalue weighted by Gasteiger charge is -2.45. The molecule has 14 rings (SSSR count). The molecule has 10 aromatic carbocycles. The van der Waals surface area contributed by atoms with Crippen molar-refractivity contribution in [2.45, 2.75) is 5.41 Å². The van der Waals surface area contributed by atoms with Crippen LogP contribution in [0.4, 0.5) is 17.1 Å². The molecule has 0 N–H and O–H groups in total. The molecule has 1 spiro atoms. The van der Waals surface area contributed by atoms with Crippen molar-refractivity contribution in [3.05, 3.63) is 259 Å². The summed E-state index contributed by atoms with van der Waals surface area (Å²) in [5.74, 6) is 1.21. The van der Waals surface area contributed by atoms with Crippen LogP contribution in [0, 0.1) is 0 Å². The van der Waals surface area contributed by atoms with Crippen LogP contribution in [0.2, 0.25) is 0 Å². The van der Waals surface area contributed by atoms with E-state index in [1.807, 2.05) is 72.8 Å². The Labute approximate surface area is 392 Å². The monoisotopic (exact) mass is 869 g/mol. The maximum absolute atomic E-state index is 6.28. The summed E-state index contributed by atoms with van der Waals surface area (Å²) in [5.41, 5.74) is 21.9. The maximum Gasteiger partial charge on any atom is 0.227 e. The maximum atomic E-state index is 6.28. The van der Waals surface area contributed by atoms with Gasteiger partial charge < -0.3 is 13.7 Å². The fraction of sp³-hybridized carbons (Fsp3) is 0.0159. The molecule has 0 saturated heterocycles. The van der Waals surface area contributed by atoms with Gasteiger partial charge in [-0.15, -0.1) is 0 Å². The fourth-order valence-corrected chi connectivity index (χ4v) is 10.9. The molecule has 0 unspecified atom stereocenters. The van der Waals surface area contributed by atoms with Gasteiger partial charge in [-0.3, -0.25) is 0 Å². The van der Waals surface area contributed by atoms with Gasteiger partial charge in [0.25, 0.3) is 0 Å². The molecule has 5 nitrogen and oxygen atoms in total. The number of aromatic nitrogens is 2. The second-order valence-corrected chi connectivity index (χ2v) is 17.7. The Hall–Kier alpha value is -9.06. The minimum atomic E-state index is -0.580. The van der Waals surface area contributed by atoms with E-state index in [1.165, 1.54) is 44.8 Å². The van der Waals surface area contributed by atoms with Gasteiger partial charge in [0.1, 0.15) is 11.0 Å². The van der Waals surface area contributed by atoms with Gasteiger partial charge in [-0.1, -0.05) is 140 Å². The predicted molar refractivity (Wildman–Crippen MR) is 274 cm³/mol. The second kappa shape index (κ2) is 15.0. The number of hydrogen-bond acceptors (Lipinski definition) is 5. The van der Waals surface area contributed by atoms with Gasteiger partial charge in [-0.05, 0) is 164 Å². The zero-order chi connectivity index (χ0) is 44.8. The van der Waals surface area contributed by atoms with Crippen LogP contribution in [0.1, 0.15) is 22.3 Å². The number of anilines is 3. The van der Waals surface area contributed by atoms with Crippen molar-refractivity contribution in [3.63, 3.8) is 0 Å². The number of oxazole rings is 2. The summed E-state index contributed by atoms with van der Waals surface area (Å²) in [6, 6.07) is 84.5. The molecule has 0 amide bonds. The van der Waals surface area contributed by atoms with E-state index in [0.29, 0.717) is 11.8 Å². The molecule has 318 valence electrons. The van der Waals surface area contributed by atoms with Crippen molar-refractivity contribution in [2.24, 2.45) is 0 Å². The second-order valence-electron chi connectivity index (χ2n) is 17.7. The average Bonchev–Trinajstić information content (AvgIpc) is 4.12. The van der Waals surface area contributed by atoms with Crippen LogP contribution >= 0.6 is 0 Å². The fourth-order valence-electron chi connectivity index (χ4n) is 10.9. The summed E-state index contributed by atoms with van der Waals surface area (Å²) in [5, 5.41) is 0. The predicted octanol–water partition coefficient (Wildman–Crippen LogP) is 16.5. The van der Waals surface area contributed by atoms with Crippen LogP contribution in [0.15, 0.2) is 245 Å². The molecule has 2 aliphatic rings. The Morgan fingerprint density at radius 2 is 0.735 bits per heavy atom. The van der Waals surface area contributed by atoms with Gasteiger partial charge in [-0.25, -0.2) is 9.97 Å². The highest BCUT2D eigenvalue weighted by Gasteiger charge is 2.51. The van der Waals surface area contributed by atoms with Crippen molar-refractivity contribution in [3.8, 4) is 67.4 Å². The molecule has 1 aliphatic heterocycles. The third kappa shape index (κ3) is 5.82. The van der Waals surface area contributed by atoms with E-state index in [0.717, 1.165) is 72.4 Å². The van der Waals surface area contributed by atoms with Gasteiger partial charge in [0, 0.05) is 16.8 Å². The quantitative estimate of drug-likeness (QED) is 0.167. The van der Waals surface area contributed by atoms with Crippen LogP contribution in [-0.2, 0) is 5.41 Å². The van der Waals surface area contributed by atoms with Crippen LogP contribution in [0.3, 0.4) is 0 Å². The minimum Gasteiger partial charge on any atom is -0.436 e. The summed E-state index contributed by atoms with van der Waals surface area (Å²) in [6.07, 6.45) is 0. The lowest BCUT2D eigenvalue weighted by Crippen LogP contribution is -2.36. The molecule has 0 radical (unpaired) electrons. The Bertz CT molecular complexity index is 3740. The first kappa shape index (κ1) is 38.2. The number of hydrogen-bond donors (Lipinski definition) is 0. The first-order valence-corrected chi connectivity index (χ1v) is 23.0. The summed E-state index contributed by atoms with van der Waals surface area (Å²) >= 11 is 0. The van der Waals surface area contributed by atoms with Gasteiger partial charge in [0.15, 0.2) is 11.2 Å². The highest BCUT2D eigenvalue weighted by molar-refractivity contribution is 5.97. The zero-order valence-corrected chi connectivity index (χ0v) is 36.7. The normalized spacial score (nSPS) is 13.1. The standard InChI is InChI=1S/C63H39N3O2/c1-4-16-40(17-5-1)61-64-55-38-43(29-32-59(55)67-61)46-34-45(35-47(36-46)44-30-33-60-56(39-44)65-62(68-60)41-18-6-2-7-19-41)42-28-31-50-49-22-10-11-23-51(49)63(54(50)37-42)52-24-12-14-26-57(52)66(48-20-8-3-9-21-48)58-27-15-13-25-53(58)63/h1-39H. The summed E-state index contributed by atoms with van der Waals surface area (Å²) in [4.78, 5) is 12.4. The van der Waals surface area contributed by atoms with Crippen molar-refractivity contribution >= 4 is 39.3 Å². The number of rotatable bonds is 6. The van der Waals surface area contributed by atoms with Crippen molar-refractivity contribution in [1.82, 2.24) is 9.97 Å². The highest BCUT2D eigenvalue weighted by atomic mass is 16.4. The molecule has 0 bridgehead atoms. The molecule has 1 aliphatic carbocycles.